The van der Waals surface area contributed by atoms with Crippen LogP contribution >= 0.6 is 0 Å². The number of nitrogens with one attached hydrogen (secondary N) is 1. The zero-order valence-corrected chi connectivity index (χ0v) is 14.1. The summed E-state index contributed by atoms with van der Waals surface area (Å²) in [5.41, 5.74) is 0.229. The summed E-state index contributed by atoms with van der Waals surface area (Å²) < 4.78 is 38.1. The van der Waals surface area contributed by atoms with Gasteiger partial charge in [0.15, 0.2) is 6.61 Å². The fraction of sp³-hybridized carbons (Fsp3) is 0.167. The van der Waals surface area contributed by atoms with Crippen LogP contribution in [-0.2, 0) is 9.53 Å². The number of benzene rings is 2. The van der Waals surface area contributed by atoms with Crippen molar-refractivity contribution in [2.45, 2.75) is 6.61 Å². The highest BCUT2D eigenvalue weighted by molar-refractivity contribution is 6.05. The van der Waals surface area contributed by atoms with Gasteiger partial charge in [-0.3, -0.25) is 14.9 Å². The Kier molecular flexibility index (Phi) is 6.81. The normalized spacial score (nSPS) is 10.2. The number of alkyl halides is 2. The molecule has 0 unspecified atom stereocenters. The van der Waals surface area contributed by atoms with Crippen molar-refractivity contribution in [1.82, 2.24) is 5.32 Å². The Morgan fingerprint density at radius 3 is 2.33 bits per heavy atom. The molecule has 0 fully saturated rings. The molecule has 0 aromatic heterocycles. The van der Waals surface area contributed by atoms with Crippen LogP contribution in [0, 0.1) is 0 Å². The van der Waals surface area contributed by atoms with Gasteiger partial charge in [-0.05, 0) is 42.5 Å². The molecule has 0 aliphatic carbocycles. The number of halogens is 2. The maximum atomic E-state index is 12.1. The fourth-order valence-electron chi connectivity index (χ4n) is 1.99. The summed E-state index contributed by atoms with van der Waals surface area (Å²) in [5.74, 6) is -2.06. The van der Waals surface area contributed by atoms with Crippen molar-refractivity contribution in [3.05, 3.63) is 59.7 Å². The third kappa shape index (κ3) is 6.07. The van der Waals surface area contributed by atoms with Crippen LogP contribution < -0.4 is 14.8 Å². The maximum Gasteiger partial charge on any atom is 0.387 e. The molecule has 0 atom stereocenters. The lowest BCUT2D eigenvalue weighted by atomic mass is 10.2. The van der Waals surface area contributed by atoms with E-state index in [0.717, 1.165) is 12.1 Å². The van der Waals surface area contributed by atoms with E-state index in [1.54, 1.807) is 12.1 Å². The van der Waals surface area contributed by atoms with Crippen LogP contribution in [0.15, 0.2) is 48.5 Å². The first-order valence-corrected chi connectivity index (χ1v) is 7.59. The van der Waals surface area contributed by atoms with Gasteiger partial charge in [-0.1, -0.05) is 6.07 Å². The van der Waals surface area contributed by atoms with Gasteiger partial charge in [0.25, 0.3) is 11.8 Å². The molecule has 0 aliphatic rings. The summed E-state index contributed by atoms with van der Waals surface area (Å²) in [6.45, 7) is -3.65. The Labute approximate surface area is 152 Å². The molecule has 27 heavy (non-hydrogen) atoms. The molecule has 2 amide bonds. The minimum Gasteiger partial charge on any atom is -0.497 e. The number of rotatable bonds is 7. The van der Waals surface area contributed by atoms with Crippen molar-refractivity contribution in [1.29, 1.82) is 0 Å². The third-order valence-corrected chi connectivity index (χ3v) is 3.23. The van der Waals surface area contributed by atoms with E-state index in [1.165, 1.54) is 31.4 Å². The monoisotopic (exact) mass is 379 g/mol. The number of methoxy groups -OCH3 is 1. The minimum atomic E-state index is -2.98. The first-order valence-electron chi connectivity index (χ1n) is 7.59. The number of carbonyl (C=O) groups excluding carboxylic acids is 3. The van der Waals surface area contributed by atoms with Gasteiger partial charge in [0.05, 0.1) is 12.7 Å². The third-order valence-electron chi connectivity index (χ3n) is 3.23. The summed E-state index contributed by atoms with van der Waals surface area (Å²) in [6.07, 6.45) is 0. The minimum absolute atomic E-state index is 0.0455. The van der Waals surface area contributed by atoms with E-state index in [2.05, 4.69) is 4.74 Å². The Balaban J connectivity index is 1.85. The van der Waals surface area contributed by atoms with Gasteiger partial charge < -0.3 is 14.2 Å². The number of amides is 2. The van der Waals surface area contributed by atoms with Crippen LogP contribution in [0.1, 0.15) is 20.7 Å². The fourth-order valence-corrected chi connectivity index (χ4v) is 1.99. The summed E-state index contributed by atoms with van der Waals surface area (Å²) in [7, 11) is 1.44. The van der Waals surface area contributed by atoms with Crippen molar-refractivity contribution >= 4 is 17.8 Å². The topological polar surface area (TPSA) is 90.9 Å². The molecule has 0 radical (unpaired) electrons. The van der Waals surface area contributed by atoms with Gasteiger partial charge >= 0.3 is 12.6 Å². The second-order valence-corrected chi connectivity index (χ2v) is 5.09. The number of carbonyl (C=O) groups is 3. The van der Waals surface area contributed by atoms with Crippen molar-refractivity contribution in [2.24, 2.45) is 0 Å². The van der Waals surface area contributed by atoms with Gasteiger partial charge in [0.1, 0.15) is 11.5 Å². The number of ether oxygens (including phenoxy) is 3. The molecular weight excluding hydrogens is 364 g/mol. The molecule has 142 valence electrons. The molecule has 0 saturated carbocycles. The molecule has 7 nitrogen and oxygen atoms in total. The molecule has 0 bridgehead atoms. The average molecular weight is 379 g/mol. The largest absolute Gasteiger partial charge is 0.497 e. The van der Waals surface area contributed by atoms with Crippen LogP contribution in [0.3, 0.4) is 0 Å². The van der Waals surface area contributed by atoms with E-state index >= 15 is 0 Å². The number of hydrogen-bond acceptors (Lipinski definition) is 6. The van der Waals surface area contributed by atoms with Crippen LogP contribution in [0.5, 0.6) is 11.5 Å². The highest BCUT2D eigenvalue weighted by Crippen LogP contribution is 2.15. The molecule has 0 saturated heterocycles. The van der Waals surface area contributed by atoms with Gasteiger partial charge in [-0.25, -0.2) is 4.79 Å². The highest BCUT2D eigenvalue weighted by Gasteiger charge is 2.14. The van der Waals surface area contributed by atoms with Crippen molar-refractivity contribution < 1.29 is 37.4 Å². The SMILES string of the molecule is COc1cccc(C(=O)OCC(=O)NC(=O)c2ccc(OC(F)F)cc2)c1. The van der Waals surface area contributed by atoms with E-state index in [1.807, 2.05) is 5.32 Å². The van der Waals surface area contributed by atoms with Crippen LogP contribution in [0.4, 0.5) is 8.78 Å². The van der Waals surface area contributed by atoms with E-state index in [-0.39, 0.29) is 16.9 Å². The Hall–Kier alpha value is -3.49. The average Bonchev–Trinajstić information content (AvgIpc) is 2.66. The quantitative estimate of drug-likeness (QED) is 0.743. The Morgan fingerprint density at radius 1 is 1.00 bits per heavy atom. The smallest absolute Gasteiger partial charge is 0.387 e. The van der Waals surface area contributed by atoms with Gasteiger partial charge in [-0.15, -0.1) is 0 Å². The number of imide groups is 1. The Bertz CT molecular complexity index is 823. The standard InChI is InChI=1S/C18H15F2NO6/c1-25-14-4-2-3-12(9-14)17(24)26-10-15(22)21-16(23)11-5-7-13(8-6-11)27-18(19)20/h2-9,18H,10H2,1H3,(H,21,22,23). The molecule has 2 rings (SSSR count). The van der Waals surface area contributed by atoms with Crippen molar-refractivity contribution in [3.8, 4) is 11.5 Å². The summed E-state index contributed by atoms with van der Waals surface area (Å²) in [5, 5.41) is 2.02. The maximum absolute atomic E-state index is 12.1. The summed E-state index contributed by atoms with van der Waals surface area (Å²) in [6, 6.07) is 10.9. The van der Waals surface area contributed by atoms with E-state index in [0.29, 0.717) is 5.75 Å². The molecule has 0 aliphatic heterocycles. The first-order chi connectivity index (χ1) is 12.9. The van der Waals surface area contributed by atoms with E-state index < -0.39 is 31.0 Å². The molecule has 0 heterocycles. The van der Waals surface area contributed by atoms with E-state index in [4.69, 9.17) is 9.47 Å². The molecular formula is C18H15F2NO6. The molecule has 9 heteroatoms. The number of hydrogen-bond donors (Lipinski definition) is 1. The molecule has 1 N–H and O–H groups in total. The van der Waals surface area contributed by atoms with Gasteiger partial charge in [0.2, 0.25) is 0 Å². The van der Waals surface area contributed by atoms with Crippen molar-refractivity contribution in [3.63, 3.8) is 0 Å². The molecule has 2 aromatic carbocycles. The lowest BCUT2D eigenvalue weighted by Crippen LogP contribution is -2.34. The predicted octanol–water partition coefficient (Wildman–Crippen LogP) is 2.41. The van der Waals surface area contributed by atoms with Crippen LogP contribution in [0.25, 0.3) is 0 Å². The van der Waals surface area contributed by atoms with Gasteiger partial charge in [0, 0.05) is 5.56 Å². The number of esters is 1. The summed E-state index contributed by atoms with van der Waals surface area (Å²) in [4.78, 5) is 35.5. The second-order valence-electron chi connectivity index (χ2n) is 5.09. The lowest BCUT2D eigenvalue weighted by Gasteiger charge is -2.08. The summed E-state index contributed by atoms with van der Waals surface area (Å²) >= 11 is 0. The van der Waals surface area contributed by atoms with Gasteiger partial charge in [-0.2, -0.15) is 8.78 Å². The van der Waals surface area contributed by atoms with Crippen molar-refractivity contribution in [2.75, 3.05) is 13.7 Å². The first kappa shape index (κ1) is 19.8. The predicted molar refractivity (Wildman–Crippen MR) is 88.8 cm³/mol. The Morgan fingerprint density at radius 2 is 1.70 bits per heavy atom. The molecule has 0 spiro atoms. The second kappa shape index (κ2) is 9.27. The molecule has 2 aromatic rings. The zero-order valence-electron chi connectivity index (χ0n) is 14.1. The highest BCUT2D eigenvalue weighted by atomic mass is 19.3. The van der Waals surface area contributed by atoms with Crippen LogP contribution in [-0.4, -0.2) is 38.1 Å². The zero-order chi connectivity index (χ0) is 19.8. The lowest BCUT2D eigenvalue weighted by molar-refractivity contribution is -0.123. The van der Waals surface area contributed by atoms with E-state index in [9.17, 15) is 23.2 Å². The van der Waals surface area contributed by atoms with Crippen LogP contribution in [0.2, 0.25) is 0 Å².